The van der Waals surface area contributed by atoms with Crippen molar-refractivity contribution in [1.82, 2.24) is 0 Å². The fourth-order valence-electron chi connectivity index (χ4n) is 5.97. The van der Waals surface area contributed by atoms with E-state index >= 15 is 0 Å². The second kappa shape index (κ2) is 6.32. The third-order valence-electron chi connectivity index (χ3n) is 7.16. The summed E-state index contributed by atoms with van der Waals surface area (Å²) in [5.74, 6) is -0.00152. The number of rotatable bonds is 3. The Morgan fingerprint density at radius 3 is 2.30 bits per heavy atom. The van der Waals surface area contributed by atoms with E-state index in [4.69, 9.17) is 21.2 Å². The number of fused-ring (bicyclic) bond motifs is 8. The second-order valence-corrected chi connectivity index (χ2v) is 8.84. The van der Waals surface area contributed by atoms with Crippen LogP contribution in [-0.2, 0) is 14.4 Å². The lowest BCUT2D eigenvalue weighted by Crippen LogP contribution is -2.41. The van der Waals surface area contributed by atoms with Crippen LogP contribution in [0.2, 0.25) is 5.02 Å². The smallest absolute Gasteiger partial charge is 0.238 e. The molecular formula is C23H19ClN2O4. The maximum atomic E-state index is 13.4. The molecule has 2 heterocycles. The van der Waals surface area contributed by atoms with Crippen LogP contribution in [0.4, 0.5) is 5.69 Å². The van der Waals surface area contributed by atoms with Gasteiger partial charge in [-0.1, -0.05) is 16.8 Å². The Balaban J connectivity index is 1.33. The van der Waals surface area contributed by atoms with E-state index in [9.17, 15) is 9.59 Å². The molecule has 152 valence electrons. The van der Waals surface area contributed by atoms with E-state index in [1.807, 2.05) is 24.3 Å². The van der Waals surface area contributed by atoms with Gasteiger partial charge in [0.25, 0.3) is 0 Å². The normalized spacial score (nSPS) is 33.4. The Bertz CT molecular complexity index is 1080. The summed E-state index contributed by atoms with van der Waals surface area (Å²) in [4.78, 5) is 33.8. The first kappa shape index (κ1) is 18.0. The molecule has 2 aliphatic carbocycles. The maximum absolute atomic E-state index is 13.4. The highest BCUT2D eigenvalue weighted by Gasteiger charge is 2.70. The summed E-state index contributed by atoms with van der Waals surface area (Å²) < 4.78 is 5.24. The molecule has 6 nitrogen and oxygen atoms in total. The summed E-state index contributed by atoms with van der Waals surface area (Å²) in [6.07, 6.45) is 0.682. The van der Waals surface area contributed by atoms with Crippen LogP contribution < -0.4 is 9.64 Å². The highest BCUT2D eigenvalue weighted by molar-refractivity contribution is 6.31. The third-order valence-corrected chi connectivity index (χ3v) is 7.41. The Hall–Kier alpha value is -2.86. The predicted molar refractivity (Wildman–Crippen MR) is 110 cm³/mol. The van der Waals surface area contributed by atoms with Crippen LogP contribution in [0.1, 0.15) is 12.0 Å². The van der Waals surface area contributed by atoms with E-state index < -0.39 is 0 Å². The molecule has 2 aliphatic heterocycles. The average Bonchev–Trinajstić information content (AvgIpc) is 3.49. The zero-order chi connectivity index (χ0) is 20.6. The van der Waals surface area contributed by atoms with Crippen LogP contribution in [0.3, 0.4) is 0 Å². The lowest BCUT2D eigenvalue weighted by molar-refractivity contribution is -0.125. The second-order valence-electron chi connectivity index (χ2n) is 8.40. The van der Waals surface area contributed by atoms with Crippen LogP contribution >= 0.6 is 11.6 Å². The lowest BCUT2D eigenvalue weighted by atomic mass is 9.71. The standard InChI is InChI=1S/C23H19ClN2O4/c1-29-14-8-2-11(3-9-14)20-19-15-10-16(21(19)30-25-20)18-17(15)22(27)26(23(18)28)13-6-4-12(24)5-7-13/h2-9,15-19,21H,10H2,1H3. The van der Waals surface area contributed by atoms with Gasteiger partial charge < -0.3 is 9.57 Å². The zero-order valence-corrected chi connectivity index (χ0v) is 17.0. The van der Waals surface area contributed by atoms with Gasteiger partial charge in [0, 0.05) is 22.4 Å². The number of imide groups is 1. The average molecular weight is 423 g/mol. The van der Waals surface area contributed by atoms with Crippen LogP contribution in [0.5, 0.6) is 5.75 Å². The van der Waals surface area contributed by atoms with E-state index in [0.717, 1.165) is 23.4 Å². The number of hydrogen-bond donors (Lipinski definition) is 0. The summed E-state index contributed by atoms with van der Waals surface area (Å²) >= 11 is 5.98. The molecule has 1 saturated heterocycles. The van der Waals surface area contributed by atoms with Crippen molar-refractivity contribution in [2.45, 2.75) is 12.5 Å². The van der Waals surface area contributed by atoms with E-state index in [1.165, 1.54) is 4.90 Å². The Labute approximate surface area is 178 Å². The van der Waals surface area contributed by atoms with Gasteiger partial charge in [-0.2, -0.15) is 0 Å². The molecule has 0 aromatic heterocycles. The van der Waals surface area contributed by atoms with Gasteiger partial charge in [0.05, 0.1) is 30.3 Å². The molecule has 4 aliphatic rings. The van der Waals surface area contributed by atoms with Crippen molar-refractivity contribution in [2.75, 3.05) is 12.0 Å². The van der Waals surface area contributed by atoms with E-state index in [0.29, 0.717) is 10.7 Å². The summed E-state index contributed by atoms with van der Waals surface area (Å²) in [5, 5.41) is 4.95. The molecule has 7 heteroatoms. The molecule has 6 unspecified atom stereocenters. The van der Waals surface area contributed by atoms with Crippen molar-refractivity contribution in [2.24, 2.45) is 34.7 Å². The van der Waals surface area contributed by atoms with Gasteiger partial charge >= 0.3 is 0 Å². The number of nitrogens with zero attached hydrogens (tertiary/aromatic N) is 2. The van der Waals surface area contributed by atoms with Crippen LogP contribution in [0.15, 0.2) is 53.7 Å². The number of carbonyl (C=O) groups excluding carboxylic acids is 2. The molecule has 2 amide bonds. The maximum Gasteiger partial charge on any atom is 0.238 e. The first-order valence-corrected chi connectivity index (χ1v) is 10.5. The summed E-state index contributed by atoms with van der Waals surface area (Å²) in [5.41, 5.74) is 2.43. The van der Waals surface area contributed by atoms with Crippen molar-refractivity contribution in [3.05, 3.63) is 59.1 Å². The number of methoxy groups -OCH3 is 1. The van der Waals surface area contributed by atoms with Crippen molar-refractivity contribution < 1.29 is 19.2 Å². The number of oxime groups is 1. The van der Waals surface area contributed by atoms with Crippen LogP contribution in [0.25, 0.3) is 0 Å². The van der Waals surface area contributed by atoms with Crippen molar-refractivity contribution >= 4 is 34.8 Å². The molecule has 2 saturated carbocycles. The SMILES string of the molecule is COc1ccc(C2=NOC3C4CC(C23)C2C(=O)N(c3ccc(Cl)cc3)C(=O)C42)cc1. The van der Waals surface area contributed by atoms with Crippen molar-refractivity contribution in [3.8, 4) is 5.75 Å². The minimum absolute atomic E-state index is 0.0123. The Kier molecular flexibility index (Phi) is 3.78. The van der Waals surface area contributed by atoms with Crippen LogP contribution in [0, 0.1) is 29.6 Å². The van der Waals surface area contributed by atoms with Crippen molar-refractivity contribution in [3.63, 3.8) is 0 Å². The molecule has 3 fully saturated rings. The molecule has 2 aromatic carbocycles. The van der Waals surface area contributed by atoms with Crippen LogP contribution in [-0.4, -0.2) is 30.7 Å². The molecule has 2 aromatic rings. The van der Waals surface area contributed by atoms with Gasteiger partial charge in [0.15, 0.2) is 0 Å². The number of carbonyl (C=O) groups is 2. The van der Waals surface area contributed by atoms with Gasteiger partial charge in [-0.15, -0.1) is 0 Å². The number of amides is 2. The first-order valence-electron chi connectivity index (χ1n) is 10.1. The third kappa shape index (κ3) is 2.28. The number of hydrogen-bond acceptors (Lipinski definition) is 5. The van der Waals surface area contributed by atoms with Gasteiger partial charge in [-0.3, -0.25) is 14.5 Å². The minimum atomic E-state index is -0.329. The predicted octanol–water partition coefficient (Wildman–Crippen LogP) is 3.52. The van der Waals surface area contributed by atoms with E-state index in [-0.39, 0.29) is 47.5 Å². The topological polar surface area (TPSA) is 68.2 Å². The molecule has 6 rings (SSSR count). The highest BCUT2D eigenvalue weighted by atomic mass is 35.5. The largest absolute Gasteiger partial charge is 0.497 e. The molecule has 2 bridgehead atoms. The summed E-state index contributed by atoms with van der Waals surface area (Å²) in [6.45, 7) is 0. The van der Waals surface area contributed by atoms with Crippen molar-refractivity contribution in [1.29, 1.82) is 0 Å². The zero-order valence-electron chi connectivity index (χ0n) is 16.2. The summed E-state index contributed by atoms with van der Waals surface area (Å²) in [6, 6.07) is 14.6. The molecule has 0 radical (unpaired) electrons. The molecule has 6 atom stereocenters. The number of anilines is 1. The lowest BCUT2D eigenvalue weighted by Gasteiger charge is -2.29. The minimum Gasteiger partial charge on any atom is -0.497 e. The fourth-order valence-corrected chi connectivity index (χ4v) is 6.10. The quantitative estimate of drug-likeness (QED) is 0.710. The molecular weight excluding hydrogens is 404 g/mol. The van der Waals surface area contributed by atoms with Gasteiger partial charge in [-0.25, -0.2) is 0 Å². The number of halogens is 1. The first-order chi connectivity index (χ1) is 14.6. The van der Waals surface area contributed by atoms with E-state index in [1.54, 1.807) is 31.4 Å². The Morgan fingerprint density at radius 1 is 0.967 bits per heavy atom. The summed E-state index contributed by atoms with van der Waals surface area (Å²) in [7, 11) is 1.63. The number of benzene rings is 2. The van der Waals surface area contributed by atoms with Gasteiger partial charge in [0.2, 0.25) is 11.8 Å². The van der Waals surface area contributed by atoms with E-state index in [2.05, 4.69) is 5.16 Å². The molecule has 0 N–H and O–H groups in total. The molecule has 0 spiro atoms. The van der Waals surface area contributed by atoms with Gasteiger partial charge in [0.1, 0.15) is 11.9 Å². The fraction of sp³-hybridized carbons (Fsp3) is 0.348. The highest BCUT2D eigenvalue weighted by Crippen LogP contribution is 2.62. The van der Waals surface area contributed by atoms with Gasteiger partial charge in [-0.05, 0) is 60.9 Å². The number of ether oxygens (including phenoxy) is 1. The Morgan fingerprint density at radius 2 is 1.63 bits per heavy atom. The molecule has 30 heavy (non-hydrogen) atoms. The monoisotopic (exact) mass is 422 g/mol.